The lowest BCUT2D eigenvalue weighted by Crippen LogP contribution is -2.03. The number of halogens is 1. The van der Waals surface area contributed by atoms with E-state index in [4.69, 9.17) is 0 Å². The normalized spacial score (nSPS) is 10.8. The minimum absolute atomic E-state index is 0.315. The van der Waals surface area contributed by atoms with E-state index in [-0.39, 0.29) is 0 Å². The summed E-state index contributed by atoms with van der Waals surface area (Å²) in [6.45, 7) is 4.17. The molecule has 0 fully saturated rings. The van der Waals surface area contributed by atoms with Crippen LogP contribution in [0.25, 0.3) is 5.69 Å². The highest BCUT2D eigenvalue weighted by atomic mass is 79.9. The molecule has 0 amide bonds. The molecule has 0 unspecified atom stereocenters. The molecule has 3 nitrogen and oxygen atoms in total. The molecule has 0 N–H and O–H groups in total. The van der Waals surface area contributed by atoms with Crippen LogP contribution >= 0.6 is 15.9 Å². The van der Waals surface area contributed by atoms with Crippen molar-refractivity contribution in [3.05, 3.63) is 46.2 Å². The highest BCUT2D eigenvalue weighted by Gasteiger charge is 2.12. The molecule has 0 aliphatic heterocycles. The molecule has 1 heterocycles. The van der Waals surface area contributed by atoms with E-state index >= 15 is 0 Å². The number of rotatable bonds is 3. The summed E-state index contributed by atoms with van der Waals surface area (Å²) in [5.74, 6) is 0.315. The minimum atomic E-state index is 0.315. The summed E-state index contributed by atoms with van der Waals surface area (Å²) in [4.78, 5) is 10.8. The van der Waals surface area contributed by atoms with Crippen LogP contribution in [-0.2, 0) is 0 Å². The van der Waals surface area contributed by atoms with Crippen molar-refractivity contribution < 1.29 is 4.79 Å². The topological polar surface area (TPSA) is 34.9 Å². The zero-order valence-electron chi connectivity index (χ0n) is 9.72. The average molecular weight is 293 g/mol. The Balaban J connectivity index is 2.57. The summed E-state index contributed by atoms with van der Waals surface area (Å²) >= 11 is 3.43. The molecule has 0 radical (unpaired) electrons. The van der Waals surface area contributed by atoms with E-state index in [0.717, 1.165) is 22.1 Å². The van der Waals surface area contributed by atoms with Gasteiger partial charge in [-0.3, -0.25) is 4.79 Å². The number of carbonyl (C=O) groups is 1. The van der Waals surface area contributed by atoms with Crippen molar-refractivity contribution in [2.24, 2.45) is 0 Å². The van der Waals surface area contributed by atoms with E-state index in [0.29, 0.717) is 11.6 Å². The Morgan fingerprint density at radius 3 is 2.71 bits per heavy atom. The van der Waals surface area contributed by atoms with E-state index < -0.39 is 0 Å². The molecule has 2 aromatic rings. The smallest absolute Gasteiger partial charge is 0.170 e. The number of benzene rings is 1. The molecule has 0 aliphatic carbocycles. The van der Waals surface area contributed by atoms with E-state index in [1.807, 2.05) is 35.0 Å². The fourth-order valence-electron chi connectivity index (χ4n) is 1.70. The predicted octanol–water partition coefficient (Wildman–Crippen LogP) is 3.57. The van der Waals surface area contributed by atoms with Gasteiger partial charge in [0, 0.05) is 10.2 Å². The molecule has 0 aliphatic rings. The summed E-state index contributed by atoms with van der Waals surface area (Å²) in [7, 11) is 0. The Morgan fingerprint density at radius 1 is 1.35 bits per heavy atom. The fraction of sp³-hybridized carbons (Fsp3) is 0.231. The lowest BCUT2D eigenvalue weighted by Gasteiger charge is -2.10. The van der Waals surface area contributed by atoms with Gasteiger partial charge >= 0.3 is 0 Å². The Kier molecular flexibility index (Phi) is 3.43. The molecule has 0 saturated heterocycles. The zero-order chi connectivity index (χ0) is 12.4. The quantitative estimate of drug-likeness (QED) is 0.811. The highest BCUT2D eigenvalue weighted by Crippen LogP contribution is 2.21. The van der Waals surface area contributed by atoms with Gasteiger partial charge < -0.3 is 0 Å². The van der Waals surface area contributed by atoms with Crippen LogP contribution in [-0.4, -0.2) is 16.1 Å². The summed E-state index contributed by atoms with van der Waals surface area (Å²) in [5, 5.41) is 4.29. The SMILES string of the molecule is CC(C)c1cc(C=O)nn1-c1cccc(Br)c1. The largest absolute Gasteiger partial charge is 0.296 e. The molecule has 0 spiro atoms. The number of nitrogens with zero attached hydrogens (tertiary/aromatic N) is 2. The van der Waals surface area contributed by atoms with Crippen molar-refractivity contribution in [1.82, 2.24) is 9.78 Å². The standard InChI is InChI=1S/C13H13BrN2O/c1-9(2)13-7-11(8-17)15-16(13)12-5-3-4-10(14)6-12/h3-9H,1-2H3. The molecule has 4 heteroatoms. The van der Waals surface area contributed by atoms with Crippen LogP contribution < -0.4 is 0 Å². The third-order valence-corrected chi connectivity index (χ3v) is 3.01. The maximum atomic E-state index is 10.8. The van der Waals surface area contributed by atoms with E-state index in [9.17, 15) is 4.79 Å². The molecule has 17 heavy (non-hydrogen) atoms. The maximum absolute atomic E-state index is 10.8. The van der Waals surface area contributed by atoms with Gasteiger partial charge in [-0.25, -0.2) is 4.68 Å². The number of carbonyl (C=O) groups excluding carboxylic acids is 1. The van der Waals surface area contributed by atoms with Crippen molar-refractivity contribution in [2.75, 3.05) is 0 Å². The molecule has 0 saturated carbocycles. The molecular formula is C13H13BrN2O. The van der Waals surface area contributed by atoms with Gasteiger partial charge in [0.2, 0.25) is 0 Å². The molecular weight excluding hydrogens is 280 g/mol. The van der Waals surface area contributed by atoms with E-state index in [1.165, 1.54) is 0 Å². The molecule has 0 bridgehead atoms. The van der Waals surface area contributed by atoms with Gasteiger partial charge in [-0.15, -0.1) is 0 Å². The third kappa shape index (κ3) is 2.47. The maximum Gasteiger partial charge on any atom is 0.170 e. The Morgan fingerprint density at radius 2 is 2.12 bits per heavy atom. The van der Waals surface area contributed by atoms with Crippen LogP contribution in [0.5, 0.6) is 0 Å². The molecule has 1 aromatic heterocycles. The molecule has 1 aromatic carbocycles. The van der Waals surface area contributed by atoms with Crippen LogP contribution in [0.3, 0.4) is 0 Å². The van der Waals surface area contributed by atoms with Gasteiger partial charge in [-0.1, -0.05) is 35.8 Å². The van der Waals surface area contributed by atoms with Crippen LogP contribution in [0.4, 0.5) is 0 Å². The van der Waals surface area contributed by atoms with Gasteiger partial charge in [-0.05, 0) is 30.2 Å². The molecule has 0 atom stereocenters. The predicted molar refractivity (Wildman–Crippen MR) is 70.7 cm³/mol. The third-order valence-electron chi connectivity index (χ3n) is 2.52. The van der Waals surface area contributed by atoms with Gasteiger partial charge in [-0.2, -0.15) is 5.10 Å². The van der Waals surface area contributed by atoms with E-state index in [1.54, 1.807) is 0 Å². The number of aromatic nitrogens is 2. The molecule has 2 rings (SSSR count). The highest BCUT2D eigenvalue weighted by molar-refractivity contribution is 9.10. The summed E-state index contributed by atoms with van der Waals surface area (Å²) < 4.78 is 2.81. The fourth-order valence-corrected chi connectivity index (χ4v) is 2.09. The van der Waals surface area contributed by atoms with Crippen LogP contribution in [0.2, 0.25) is 0 Å². The Labute approximate surface area is 109 Å². The van der Waals surface area contributed by atoms with Crippen molar-refractivity contribution in [3.8, 4) is 5.69 Å². The minimum Gasteiger partial charge on any atom is -0.296 e. The first kappa shape index (κ1) is 12.0. The molecule has 88 valence electrons. The van der Waals surface area contributed by atoms with Gasteiger partial charge in [0.15, 0.2) is 6.29 Å². The summed E-state index contributed by atoms with van der Waals surface area (Å²) in [5.41, 5.74) is 2.45. The first-order valence-electron chi connectivity index (χ1n) is 5.43. The second-order valence-corrected chi connectivity index (χ2v) is 5.07. The van der Waals surface area contributed by atoms with Gasteiger partial charge in [0.05, 0.1) is 5.69 Å². The second-order valence-electron chi connectivity index (χ2n) is 4.16. The number of aldehydes is 1. The lowest BCUT2D eigenvalue weighted by molar-refractivity contribution is 0.111. The van der Waals surface area contributed by atoms with Crippen LogP contribution in [0, 0.1) is 0 Å². The monoisotopic (exact) mass is 292 g/mol. The summed E-state index contributed by atoms with van der Waals surface area (Å²) in [6, 6.07) is 9.69. The van der Waals surface area contributed by atoms with Gasteiger partial charge in [0.1, 0.15) is 5.69 Å². The first-order valence-corrected chi connectivity index (χ1v) is 6.22. The van der Waals surface area contributed by atoms with E-state index in [2.05, 4.69) is 34.9 Å². The summed E-state index contributed by atoms with van der Waals surface area (Å²) in [6.07, 6.45) is 0.778. The van der Waals surface area contributed by atoms with Crippen molar-refractivity contribution >= 4 is 22.2 Å². The second kappa shape index (κ2) is 4.84. The van der Waals surface area contributed by atoms with Gasteiger partial charge in [0.25, 0.3) is 0 Å². The lowest BCUT2D eigenvalue weighted by atomic mass is 10.1. The zero-order valence-corrected chi connectivity index (χ0v) is 11.3. The first-order chi connectivity index (χ1) is 8.11. The number of hydrogen-bond donors (Lipinski definition) is 0. The van der Waals surface area contributed by atoms with Crippen LogP contribution in [0.1, 0.15) is 35.9 Å². The van der Waals surface area contributed by atoms with Crippen LogP contribution in [0.15, 0.2) is 34.8 Å². The Bertz CT molecular complexity index is 546. The Hall–Kier alpha value is -1.42. The average Bonchev–Trinajstić information content (AvgIpc) is 2.73. The van der Waals surface area contributed by atoms with Crippen molar-refractivity contribution in [2.45, 2.75) is 19.8 Å². The number of hydrogen-bond acceptors (Lipinski definition) is 2. The van der Waals surface area contributed by atoms with Crippen molar-refractivity contribution in [1.29, 1.82) is 0 Å². The van der Waals surface area contributed by atoms with Crippen molar-refractivity contribution in [3.63, 3.8) is 0 Å².